The molecule has 0 aromatic rings. The van der Waals surface area contributed by atoms with E-state index >= 15 is 0 Å². The summed E-state index contributed by atoms with van der Waals surface area (Å²) in [5, 5.41) is 0. The zero-order valence-electron chi connectivity index (χ0n) is 2.23. The minimum atomic E-state index is 0. The van der Waals surface area contributed by atoms with E-state index in [1.54, 1.807) is 0 Å². The fourth-order valence-electron chi connectivity index (χ4n) is 0.0833. The van der Waals surface area contributed by atoms with Crippen molar-refractivity contribution in [3.8, 4) is 0 Å². The molecule has 1 aliphatic heterocycles. The first-order chi connectivity index (χ1) is 2.00. The predicted octanol–water partition coefficient (Wildman–Crippen LogP) is 0.584. The van der Waals surface area contributed by atoms with Gasteiger partial charge in [0.2, 0.25) is 0 Å². The Labute approximate surface area is 31.7 Å². The average molecular weight is 76.1 g/mol. The monoisotopic (exact) mass is 76.1 g/mol. The molecule has 1 heterocycles. The summed E-state index contributed by atoms with van der Waals surface area (Å²) in [6, 6.07) is 0. The number of ether oxygens (including phenoxy) is 2. The molecule has 2 heteroatoms. The van der Waals surface area contributed by atoms with Crippen LogP contribution in [0.5, 0.6) is 0 Å². The molecule has 1 aliphatic rings. The van der Waals surface area contributed by atoms with Crippen LogP contribution in [0, 0.1) is 0 Å². The van der Waals surface area contributed by atoms with Crippen LogP contribution in [0.25, 0.3) is 0 Å². The number of hydrogen-bond acceptors (Lipinski definition) is 2. The molecule has 0 amide bonds. The molecule has 0 aromatic heterocycles. The van der Waals surface area contributed by atoms with Gasteiger partial charge in [0.25, 0.3) is 0 Å². The highest BCUT2D eigenvalue weighted by atomic mass is 16.8. The third-order valence-electron chi connectivity index (χ3n) is 0.333. The summed E-state index contributed by atoms with van der Waals surface area (Å²) < 4.78 is 9.00. The van der Waals surface area contributed by atoms with Crippen LogP contribution >= 0.6 is 0 Å². The van der Waals surface area contributed by atoms with Gasteiger partial charge in [0.15, 0.2) is 13.6 Å². The second-order valence-electron chi connectivity index (χ2n) is 0.644. The van der Waals surface area contributed by atoms with Crippen LogP contribution < -0.4 is 0 Å². The van der Waals surface area contributed by atoms with Gasteiger partial charge in [0.05, 0.1) is 0 Å². The van der Waals surface area contributed by atoms with Gasteiger partial charge < -0.3 is 9.47 Å². The molecule has 1 saturated heterocycles. The first kappa shape index (κ1) is 4.92. The molecule has 0 N–H and O–H groups in total. The van der Waals surface area contributed by atoms with Gasteiger partial charge in [-0.2, -0.15) is 0 Å². The van der Waals surface area contributed by atoms with Gasteiger partial charge >= 0.3 is 0 Å². The van der Waals surface area contributed by atoms with Gasteiger partial charge in [0.1, 0.15) is 0 Å². The molecule has 0 unspecified atom stereocenters. The van der Waals surface area contributed by atoms with Crippen molar-refractivity contribution in [2.75, 3.05) is 13.6 Å². The minimum Gasteiger partial charge on any atom is -0.329 e. The molecule has 1 rings (SSSR count). The summed E-state index contributed by atoms with van der Waals surface area (Å²) in [6.45, 7) is 1.00. The third kappa shape index (κ3) is 0.940. The average Bonchev–Trinajstić information content (AvgIpc) is 0.722. The van der Waals surface area contributed by atoms with E-state index in [0.29, 0.717) is 13.6 Å². The minimum absolute atomic E-state index is 0. The zero-order chi connectivity index (χ0) is 2.83. The van der Waals surface area contributed by atoms with E-state index in [-0.39, 0.29) is 7.43 Å². The topological polar surface area (TPSA) is 18.5 Å². The molecule has 0 aliphatic carbocycles. The van der Waals surface area contributed by atoms with Crippen molar-refractivity contribution in [3.63, 3.8) is 0 Å². The Hall–Kier alpha value is -0.0800. The smallest absolute Gasteiger partial charge is 0.152 e. The van der Waals surface area contributed by atoms with Crippen molar-refractivity contribution in [1.82, 2.24) is 0 Å². The summed E-state index contributed by atoms with van der Waals surface area (Å²) in [5.74, 6) is 0. The van der Waals surface area contributed by atoms with E-state index in [2.05, 4.69) is 9.47 Å². The van der Waals surface area contributed by atoms with Crippen LogP contribution in [0.4, 0.5) is 0 Å². The van der Waals surface area contributed by atoms with E-state index < -0.39 is 0 Å². The van der Waals surface area contributed by atoms with Gasteiger partial charge in [-0.1, -0.05) is 7.43 Å². The summed E-state index contributed by atoms with van der Waals surface area (Å²) in [4.78, 5) is 0. The fourth-order valence-corrected chi connectivity index (χ4v) is 0.0833. The standard InChI is InChI=1S/C2H4O2.CH4/c1-3-2-4-1;/h1-2H2;1H4. The van der Waals surface area contributed by atoms with Crippen molar-refractivity contribution in [2.24, 2.45) is 0 Å². The Morgan fingerprint density at radius 1 is 1.00 bits per heavy atom. The highest BCUT2D eigenvalue weighted by Crippen LogP contribution is 1.87. The Kier molecular flexibility index (Phi) is 2.14. The predicted molar refractivity (Wildman–Crippen MR) is 18.6 cm³/mol. The van der Waals surface area contributed by atoms with Crippen LogP contribution in [-0.2, 0) is 9.47 Å². The molecule has 5 heavy (non-hydrogen) atoms. The van der Waals surface area contributed by atoms with Crippen molar-refractivity contribution in [3.05, 3.63) is 0 Å². The maximum Gasteiger partial charge on any atom is 0.152 e. The normalized spacial score (nSPS) is 19.2. The van der Waals surface area contributed by atoms with Gasteiger partial charge in [-0.05, 0) is 0 Å². The molecular weight excluding hydrogens is 68.0 g/mol. The molecule has 32 valence electrons. The highest BCUT2D eigenvalue weighted by Gasteiger charge is 1.93. The van der Waals surface area contributed by atoms with Crippen LogP contribution in [-0.4, -0.2) is 13.6 Å². The first-order valence-electron chi connectivity index (χ1n) is 1.15. The van der Waals surface area contributed by atoms with Gasteiger partial charge in [-0.15, -0.1) is 0 Å². The third-order valence-corrected chi connectivity index (χ3v) is 0.333. The van der Waals surface area contributed by atoms with Gasteiger partial charge in [-0.25, -0.2) is 0 Å². The maximum absolute atomic E-state index is 4.50. The van der Waals surface area contributed by atoms with E-state index in [0.717, 1.165) is 0 Å². The van der Waals surface area contributed by atoms with E-state index in [9.17, 15) is 0 Å². The lowest BCUT2D eigenvalue weighted by Crippen LogP contribution is -2.14. The molecule has 0 atom stereocenters. The Morgan fingerprint density at radius 3 is 1.20 bits per heavy atom. The molecular formula is C3H8O2. The largest absolute Gasteiger partial charge is 0.329 e. The van der Waals surface area contributed by atoms with Crippen molar-refractivity contribution in [1.29, 1.82) is 0 Å². The number of hydrogen-bond donors (Lipinski definition) is 0. The summed E-state index contributed by atoms with van der Waals surface area (Å²) >= 11 is 0. The molecule has 0 radical (unpaired) electrons. The second-order valence-corrected chi connectivity index (χ2v) is 0.644. The van der Waals surface area contributed by atoms with Crippen LogP contribution in [0.2, 0.25) is 0 Å². The van der Waals surface area contributed by atoms with E-state index in [1.807, 2.05) is 0 Å². The summed E-state index contributed by atoms with van der Waals surface area (Å²) in [7, 11) is 0. The summed E-state index contributed by atoms with van der Waals surface area (Å²) in [6.07, 6.45) is 0. The molecule has 0 spiro atoms. The van der Waals surface area contributed by atoms with E-state index in [1.165, 1.54) is 0 Å². The lowest BCUT2D eigenvalue weighted by atomic mass is 11.2. The molecule has 0 aromatic carbocycles. The molecule has 1 fully saturated rings. The molecule has 0 saturated carbocycles. The Morgan fingerprint density at radius 2 is 1.20 bits per heavy atom. The van der Waals surface area contributed by atoms with Gasteiger partial charge in [-0.3, -0.25) is 0 Å². The fraction of sp³-hybridized carbons (Fsp3) is 1.00. The van der Waals surface area contributed by atoms with Crippen LogP contribution in [0.15, 0.2) is 0 Å². The Bertz CT molecular complexity index is 12.9. The van der Waals surface area contributed by atoms with Crippen molar-refractivity contribution < 1.29 is 9.47 Å². The van der Waals surface area contributed by atoms with Crippen LogP contribution in [0.1, 0.15) is 7.43 Å². The second kappa shape index (κ2) is 2.18. The van der Waals surface area contributed by atoms with Gasteiger partial charge in [0, 0.05) is 0 Å². The number of rotatable bonds is 0. The van der Waals surface area contributed by atoms with Crippen LogP contribution in [0.3, 0.4) is 0 Å². The maximum atomic E-state index is 4.50. The van der Waals surface area contributed by atoms with Crippen molar-refractivity contribution >= 4 is 0 Å². The van der Waals surface area contributed by atoms with E-state index in [4.69, 9.17) is 0 Å². The zero-order valence-corrected chi connectivity index (χ0v) is 2.23. The lowest BCUT2D eigenvalue weighted by Gasteiger charge is -2.10. The lowest BCUT2D eigenvalue weighted by molar-refractivity contribution is -0.247. The molecule has 2 nitrogen and oxygen atoms in total. The summed E-state index contributed by atoms with van der Waals surface area (Å²) in [5.41, 5.74) is 0. The quantitative estimate of drug-likeness (QED) is 0.420. The SMILES string of the molecule is C.C1OCO1. The molecule has 0 bridgehead atoms. The highest BCUT2D eigenvalue weighted by molar-refractivity contribution is 4.09. The van der Waals surface area contributed by atoms with Crippen molar-refractivity contribution in [2.45, 2.75) is 7.43 Å². The first-order valence-corrected chi connectivity index (χ1v) is 1.15. The Balaban J connectivity index is 0.000000160.